The Hall–Kier alpha value is -2.43. The summed E-state index contributed by atoms with van der Waals surface area (Å²) in [7, 11) is 0. The maximum absolute atomic E-state index is 12.4. The summed E-state index contributed by atoms with van der Waals surface area (Å²) in [6.45, 7) is 4.55. The predicted molar refractivity (Wildman–Crippen MR) is 104 cm³/mol. The Morgan fingerprint density at radius 1 is 1.12 bits per heavy atom. The number of fused-ring (bicyclic) bond motifs is 1. The monoisotopic (exact) mass is 353 g/mol. The number of hydrogen-bond acceptors (Lipinski definition) is 3. The predicted octanol–water partition coefficient (Wildman–Crippen LogP) is 4.72. The van der Waals surface area contributed by atoms with Crippen LogP contribution in [0.5, 0.6) is 0 Å². The highest BCUT2D eigenvalue weighted by molar-refractivity contribution is 5.89. The maximum atomic E-state index is 12.4. The third-order valence-electron chi connectivity index (χ3n) is 5.63. The van der Waals surface area contributed by atoms with Crippen molar-refractivity contribution in [2.24, 2.45) is 5.92 Å². The van der Waals surface area contributed by atoms with E-state index in [1.165, 1.54) is 18.5 Å². The number of urea groups is 1. The summed E-state index contributed by atoms with van der Waals surface area (Å²) in [6.07, 6.45) is 7.15. The number of benzene rings is 1. The van der Waals surface area contributed by atoms with E-state index in [1.807, 2.05) is 18.2 Å². The van der Waals surface area contributed by atoms with Crippen molar-refractivity contribution in [1.82, 2.24) is 5.32 Å². The highest BCUT2D eigenvalue weighted by atomic mass is 16.3. The van der Waals surface area contributed by atoms with Crippen molar-refractivity contribution in [3.63, 3.8) is 0 Å². The van der Waals surface area contributed by atoms with Crippen LogP contribution in [-0.2, 0) is 6.42 Å². The summed E-state index contributed by atoms with van der Waals surface area (Å²) < 4.78 is 5.49. The average molecular weight is 353 g/mol. The van der Waals surface area contributed by atoms with Crippen LogP contribution in [-0.4, -0.2) is 19.1 Å². The van der Waals surface area contributed by atoms with Crippen LogP contribution < -0.4 is 15.5 Å². The third-order valence-corrected chi connectivity index (χ3v) is 5.63. The van der Waals surface area contributed by atoms with Crippen molar-refractivity contribution in [1.29, 1.82) is 0 Å². The molecule has 5 nitrogen and oxygen atoms in total. The topological polar surface area (TPSA) is 57.5 Å². The van der Waals surface area contributed by atoms with Crippen molar-refractivity contribution < 1.29 is 9.21 Å². The van der Waals surface area contributed by atoms with Gasteiger partial charge in [-0.3, -0.25) is 0 Å². The summed E-state index contributed by atoms with van der Waals surface area (Å²) in [6, 6.07) is 10.00. The molecule has 1 unspecified atom stereocenters. The van der Waals surface area contributed by atoms with E-state index >= 15 is 0 Å². The minimum absolute atomic E-state index is 0.0344. The molecule has 0 spiro atoms. The van der Waals surface area contributed by atoms with E-state index in [0.717, 1.165) is 55.3 Å². The zero-order chi connectivity index (χ0) is 17.9. The smallest absolute Gasteiger partial charge is 0.319 e. The summed E-state index contributed by atoms with van der Waals surface area (Å²) >= 11 is 0. The molecule has 26 heavy (non-hydrogen) atoms. The molecular weight excluding hydrogens is 326 g/mol. The molecule has 1 aliphatic carbocycles. The number of nitrogens with one attached hydrogen (secondary N) is 2. The number of carbonyl (C=O) groups excluding carboxylic acids is 1. The first-order valence-electron chi connectivity index (χ1n) is 9.68. The first kappa shape index (κ1) is 17.0. The van der Waals surface area contributed by atoms with Gasteiger partial charge in [0.1, 0.15) is 5.76 Å². The number of nitrogens with zero attached hydrogens (tertiary/aromatic N) is 1. The number of piperidine rings is 1. The van der Waals surface area contributed by atoms with Crippen molar-refractivity contribution in [3.8, 4) is 0 Å². The van der Waals surface area contributed by atoms with Gasteiger partial charge in [-0.05, 0) is 61.9 Å². The Balaban J connectivity index is 1.34. The molecule has 0 bridgehead atoms. The maximum Gasteiger partial charge on any atom is 0.319 e. The number of hydrogen-bond donors (Lipinski definition) is 2. The van der Waals surface area contributed by atoms with Gasteiger partial charge in [-0.15, -0.1) is 0 Å². The molecule has 5 heteroatoms. The molecule has 4 rings (SSSR count). The molecule has 1 aromatic heterocycles. The zero-order valence-electron chi connectivity index (χ0n) is 15.3. The van der Waals surface area contributed by atoms with Crippen LogP contribution in [0.3, 0.4) is 0 Å². The molecule has 0 radical (unpaired) electrons. The fourth-order valence-corrected chi connectivity index (χ4v) is 3.98. The molecule has 2 amide bonds. The Labute approximate surface area is 154 Å². The van der Waals surface area contributed by atoms with Crippen LogP contribution in [0.2, 0.25) is 0 Å². The van der Waals surface area contributed by atoms with Gasteiger partial charge < -0.3 is 20.0 Å². The van der Waals surface area contributed by atoms with Gasteiger partial charge in [-0.25, -0.2) is 4.79 Å². The number of rotatable bonds is 3. The van der Waals surface area contributed by atoms with Crippen LogP contribution >= 0.6 is 0 Å². The normalized spacial score (nSPS) is 20.5. The first-order chi connectivity index (χ1) is 12.7. The second kappa shape index (κ2) is 7.44. The van der Waals surface area contributed by atoms with Gasteiger partial charge >= 0.3 is 6.03 Å². The van der Waals surface area contributed by atoms with Crippen molar-refractivity contribution in [2.45, 2.75) is 45.1 Å². The molecule has 2 heterocycles. The lowest BCUT2D eigenvalue weighted by molar-refractivity contribution is 0.246. The quantitative estimate of drug-likeness (QED) is 0.840. The van der Waals surface area contributed by atoms with Crippen LogP contribution in [0.15, 0.2) is 41.0 Å². The summed E-state index contributed by atoms with van der Waals surface area (Å²) in [5, 5.41) is 6.02. The van der Waals surface area contributed by atoms with Crippen molar-refractivity contribution in [2.75, 3.05) is 23.3 Å². The fourth-order valence-electron chi connectivity index (χ4n) is 3.98. The summed E-state index contributed by atoms with van der Waals surface area (Å²) in [4.78, 5) is 14.8. The van der Waals surface area contributed by atoms with E-state index in [-0.39, 0.29) is 12.1 Å². The number of anilines is 2. The van der Waals surface area contributed by atoms with Gasteiger partial charge in [0.05, 0.1) is 12.3 Å². The average Bonchev–Trinajstić information content (AvgIpc) is 3.13. The fraction of sp³-hybridized carbons (Fsp3) is 0.476. The molecule has 2 N–H and O–H groups in total. The Morgan fingerprint density at radius 3 is 2.65 bits per heavy atom. The van der Waals surface area contributed by atoms with Crippen LogP contribution in [0.1, 0.15) is 50.0 Å². The SMILES string of the molecule is CC1CCN(c2ccc(NC(=O)NC3CCCc4occc43)cc2)CC1. The van der Waals surface area contributed by atoms with E-state index in [9.17, 15) is 4.79 Å². The summed E-state index contributed by atoms with van der Waals surface area (Å²) in [5.41, 5.74) is 3.17. The van der Waals surface area contributed by atoms with Crippen LogP contribution in [0, 0.1) is 5.92 Å². The number of amides is 2. The second-order valence-electron chi connectivity index (χ2n) is 7.56. The number of carbonyl (C=O) groups is 1. The van der Waals surface area contributed by atoms with Gasteiger partial charge in [-0.1, -0.05) is 6.92 Å². The highest BCUT2D eigenvalue weighted by Crippen LogP contribution is 2.30. The number of aryl methyl sites for hydroxylation is 1. The minimum Gasteiger partial charge on any atom is -0.469 e. The molecule has 1 aromatic carbocycles. The Bertz CT molecular complexity index is 745. The lowest BCUT2D eigenvalue weighted by Crippen LogP contribution is -2.34. The molecule has 1 saturated heterocycles. The van der Waals surface area contributed by atoms with Gasteiger partial charge in [0, 0.05) is 36.4 Å². The van der Waals surface area contributed by atoms with Gasteiger partial charge in [0.25, 0.3) is 0 Å². The van der Waals surface area contributed by atoms with E-state index < -0.39 is 0 Å². The van der Waals surface area contributed by atoms with Crippen molar-refractivity contribution in [3.05, 3.63) is 47.9 Å². The zero-order valence-corrected chi connectivity index (χ0v) is 15.3. The molecule has 1 atom stereocenters. The lowest BCUT2D eigenvalue weighted by Gasteiger charge is -2.32. The van der Waals surface area contributed by atoms with Crippen LogP contribution in [0.4, 0.5) is 16.2 Å². The molecule has 138 valence electrons. The van der Waals surface area contributed by atoms with E-state index in [1.54, 1.807) is 6.26 Å². The lowest BCUT2D eigenvalue weighted by atomic mass is 9.93. The van der Waals surface area contributed by atoms with Gasteiger partial charge in [0.15, 0.2) is 0 Å². The van der Waals surface area contributed by atoms with Crippen LogP contribution in [0.25, 0.3) is 0 Å². The van der Waals surface area contributed by atoms with Gasteiger partial charge in [0.2, 0.25) is 0 Å². The molecular formula is C21H27N3O2. The molecule has 1 aliphatic heterocycles. The molecule has 1 fully saturated rings. The standard InChI is InChI=1S/C21H27N3O2/c1-15-9-12-24(13-10-15)17-7-5-16(6-8-17)22-21(25)23-19-3-2-4-20-18(19)11-14-26-20/h5-8,11,14-15,19H,2-4,9-10,12-13H2,1H3,(H2,22,23,25). The first-order valence-corrected chi connectivity index (χ1v) is 9.68. The van der Waals surface area contributed by atoms with Gasteiger partial charge in [-0.2, -0.15) is 0 Å². The molecule has 0 saturated carbocycles. The van der Waals surface area contributed by atoms with E-state index in [4.69, 9.17) is 4.42 Å². The number of furan rings is 1. The molecule has 2 aliphatic rings. The molecule has 2 aromatic rings. The summed E-state index contributed by atoms with van der Waals surface area (Å²) in [5.74, 6) is 1.83. The minimum atomic E-state index is -0.163. The van der Waals surface area contributed by atoms with Crippen molar-refractivity contribution >= 4 is 17.4 Å². The Morgan fingerprint density at radius 2 is 1.88 bits per heavy atom. The van der Waals surface area contributed by atoms with E-state index in [0.29, 0.717) is 0 Å². The highest BCUT2D eigenvalue weighted by Gasteiger charge is 2.24. The largest absolute Gasteiger partial charge is 0.469 e. The second-order valence-corrected chi connectivity index (χ2v) is 7.56. The third kappa shape index (κ3) is 3.71. The van der Waals surface area contributed by atoms with E-state index in [2.05, 4.69) is 34.6 Å². The Kier molecular flexibility index (Phi) is 4.87.